The second kappa shape index (κ2) is 8.46. The van der Waals surface area contributed by atoms with Gasteiger partial charge in [0.1, 0.15) is 0 Å². The first-order valence-corrected chi connectivity index (χ1v) is 9.84. The molecule has 1 aliphatic rings. The van der Waals surface area contributed by atoms with Crippen LogP contribution < -0.4 is 5.32 Å². The Bertz CT molecular complexity index is 802. The fourth-order valence-corrected chi connectivity index (χ4v) is 3.47. The van der Waals surface area contributed by atoms with Gasteiger partial charge < -0.3 is 10.1 Å². The highest BCUT2D eigenvalue weighted by molar-refractivity contribution is 7.89. The number of esters is 1. The zero-order chi connectivity index (χ0) is 19.3. The minimum atomic E-state index is -3.60. The summed E-state index contributed by atoms with van der Waals surface area (Å²) in [4.78, 5) is 24.4. The van der Waals surface area contributed by atoms with Crippen LogP contribution in [0.3, 0.4) is 0 Å². The normalized spacial score (nSPS) is 18.4. The number of hydrogen-bond donors (Lipinski definition) is 1. The monoisotopic (exact) mass is 380 g/mol. The van der Waals surface area contributed by atoms with Crippen molar-refractivity contribution in [2.75, 3.05) is 19.4 Å². The van der Waals surface area contributed by atoms with Gasteiger partial charge >= 0.3 is 5.97 Å². The third kappa shape index (κ3) is 4.92. The lowest BCUT2D eigenvalue weighted by Gasteiger charge is -2.20. The minimum absolute atomic E-state index is 0.0685. The summed E-state index contributed by atoms with van der Waals surface area (Å²) < 4.78 is 30.7. The van der Waals surface area contributed by atoms with Gasteiger partial charge in [-0.2, -0.15) is 0 Å². The van der Waals surface area contributed by atoms with E-state index in [2.05, 4.69) is 5.32 Å². The van der Waals surface area contributed by atoms with Crippen molar-refractivity contribution in [1.29, 1.82) is 0 Å². The van der Waals surface area contributed by atoms with Gasteiger partial charge in [-0.25, -0.2) is 12.7 Å². The summed E-state index contributed by atoms with van der Waals surface area (Å²) in [6, 6.07) is 5.93. The smallest absolute Gasteiger partial charge is 0.310 e. The van der Waals surface area contributed by atoms with Crippen molar-refractivity contribution in [2.45, 2.75) is 37.2 Å². The van der Waals surface area contributed by atoms with Crippen molar-refractivity contribution >= 4 is 27.6 Å². The SMILES string of the molecule is C[C@H](OC(=O)[C@@H]1CC=CCC1)C(=O)Nc1cccc(S(=O)(=O)N(C)C)c1. The lowest BCUT2D eigenvalue weighted by atomic mass is 9.95. The number of carbonyl (C=O) groups is 2. The number of sulfonamides is 1. The van der Waals surface area contributed by atoms with Crippen LogP contribution in [0.1, 0.15) is 26.2 Å². The first kappa shape index (κ1) is 20.1. The van der Waals surface area contributed by atoms with Gasteiger partial charge in [0.25, 0.3) is 5.91 Å². The lowest BCUT2D eigenvalue weighted by Crippen LogP contribution is -2.32. The molecule has 1 aliphatic carbocycles. The summed E-state index contributed by atoms with van der Waals surface area (Å²) in [5, 5.41) is 2.59. The molecule has 1 N–H and O–H groups in total. The largest absolute Gasteiger partial charge is 0.452 e. The van der Waals surface area contributed by atoms with E-state index in [1.54, 1.807) is 6.07 Å². The molecule has 2 atom stereocenters. The van der Waals surface area contributed by atoms with Gasteiger partial charge in [-0.3, -0.25) is 9.59 Å². The fourth-order valence-electron chi connectivity index (χ4n) is 2.52. The lowest BCUT2D eigenvalue weighted by molar-refractivity contribution is -0.157. The molecule has 142 valence electrons. The summed E-state index contributed by atoms with van der Waals surface area (Å²) in [6.45, 7) is 1.49. The number of allylic oxidation sites excluding steroid dienone is 2. The number of ether oxygens (including phenoxy) is 1. The quantitative estimate of drug-likeness (QED) is 0.603. The van der Waals surface area contributed by atoms with E-state index in [1.165, 1.54) is 39.2 Å². The molecule has 0 unspecified atom stereocenters. The van der Waals surface area contributed by atoms with E-state index in [0.717, 1.165) is 10.7 Å². The van der Waals surface area contributed by atoms with Crippen LogP contribution in [0.25, 0.3) is 0 Å². The molecule has 2 rings (SSSR count). The van der Waals surface area contributed by atoms with Crippen LogP contribution in [0, 0.1) is 5.92 Å². The Morgan fingerprint density at radius 1 is 1.27 bits per heavy atom. The molecule has 1 amide bonds. The van der Waals surface area contributed by atoms with E-state index in [-0.39, 0.29) is 16.8 Å². The van der Waals surface area contributed by atoms with Crippen LogP contribution in [0.2, 0.25) is 0 Å². The van der Waals surface area contributed by atoms with Crippen LogP contribution in [-0.4, -0.2) is 44.8 Å². The maximum atomic E-state index is 12.3. The molecule has 0 bridgehead atoms. The molecular formula is C18H24N2O5S. The van der Waals surface area contributed by atoms with E-state index < -0.39 is 22.0 Å². The molecule has 0 radical (unpaired) electrons. The van der Waals surface area contributed by atoms with Crippen molar-refractivity contribution in [2.24, 2.45) is 5.92 Å². The number of benzene rings is 1. The van der Waals surface area contributed by atoms with Crippen molar-refractivity contribution in [3.63, 3.8) is 0 Å². The molecule has 0 aliphatic heterocycles. The average molecular weight is 380 g/mol. The number of anilines is 1. The number of carbonyl (C=O) groups excluding carboxylic acids is 2. The molecular weight excluding hydrogens is 356 g/mol. The Morgan fingerprint density at radius 3 is 2.62 bits per heavy atom. The van der Waals surface area contributed by atoms with Gasteiger partial charge in [-0.15, -0.1) is 0 Å². The highest BCUT2D eigenvalue weighted by Crippen LogP contribution is 2.21. The molecule has 0 aromatic heterocycles. The van der Waals surface area contributed by atoms with Crippen molar-refractivity contribution in [3.8, 4) is 0 Å². The number of nitrogens with zero attached hydrogens (tertiary/aromatic N) is 1. The maximum Gasteiger partial charge on any atom is 0.310 e. The number of amides is 1. The van der Waals surface area contributed by atoms with Crippen LogP contribution in [0.15, 0.2) is 41.3 Å². The summed E-state index contributed by atoms with van der Waals surface area (Å²) in [5.74, 6) is -1.12. The highest BCUT2D eigenvalue weighted by Gasteiger charge is 2.25. The Labute approximate surface area is 154 Å². The van der Waals surface area contributed by atoms with Gasteiger partial charge in [0.05, 0.1) is 10.8 Å². The summed E-state index contributed by atoms with van der Waals surface area (Å²) in [7, 11) is -0.733. The summed E-state index contributed by atoms with van der Waals surface area (Å²) in [5.41, 5.74) is 0.321. The average Bonchev–Trinajstić information content (AvgIpc) is 2.62. The molecule has 0 saturated heterocycles. The van der Waals surface area contributed by atoms with Gasteiger partial charge in [-0.1, -0.05) is 18.2 Å². The van der Waals surface area contributed by atoms with Crippen molar-refractivity contribution < 1.29 is 22.7 Å². The standard InChI is InChI=1S/C18H24N2O5S/c1-13(25-18(22)14-8-5-4-6-9-14)17(21)19-15-10-7-11-16(12-15)26(23,24)20(2)3/h4-5,7,10-14H,6,8-9H2,1-3H3,(H,19,21)/t13-,14+/m0/s1. The predicted molar refractivity (Wildman–Crippen MR) is 98.0 cm³/mol. The van der Waals surface area contributed by atoms with Crippen LogP contribution in [0.5, 0.6) is 0 Å². The van der Waals surface area contributed by atoms with E-state index >= 15 is 0 Å². The zero-order valence-electron chi connectivity index (χ0n) is 15.1. The number of hydrogen-bond acceptors (Lipinski definition) is 5. The molecule has 0 fully saturated rings. The van der Waals surface area contributed by atoms with Gasteiger partial charge in [-0.05, 0) is 44.4 Å². The van der Waals surface area contributed by atoms with Gasteiger partial charge in [0.15, 0.2) is 6.10 Å². The summed E-state index contributed by atoms with van der Waals surface area (Å²) in [6.07, 6.45) is 5.16. The molecule has 26 heavy (non-hydrogen) atoms. The Balaban J connectivity index is 2.00. The van der Waals surface area contributed by atoms with Crippen LogP contribution >= 0.6 is 0 Å². The third-order valence-corrected chi connectivity index (χ3v) is 5.96. The fraction of sp³-hybridized carbons (Fsp3) is 0.444. The minimum Gasteiger partial charge on any atom is -0.452 e. The van der Waals surface area contributed by atoms with Crippen molar-refractivity contribution in [3.05, 3.63) is 36.4 Å². The molecule has 0 saturated carbocycles. The Hall–Kier alpha value is -2.19. The zero-order valence-corrected chi connectivity index (χ0v) is 16.0. The van der Waals surface area contributed by atoms with Gasteiger partial charge in [0, 0.05) is 19.8 Å². The van der Waals surface area contributed by atoms with Crippen LogP contribution in [-0.2, 0) is 24.3 Å². The molecule has 8 heteroatoms. The van der Waals surface area contributed by atoms with Crippen LogP contribution in [0.4, 0.5) is 5.69 Å². The molecule has 1 aromatic rings. The third-order valence-electron chi connectivity index (χ3n) is 4.14. The first-order valence-electron chi connectivity index (χ1n) is 8.40. The summed E-state index contributed by atoms with van der Waals surface area (Å²) >= 11 is 0. The second-order valence-electron chi connectivity index (χ2n) is 6.37. The number of rotatable bonds is 6. The van der Waals surface area contributed by atoms with Crippen molar-refractivity contribution in [1.82, 2.24) is 4.31 Å². The van der Waals surface area contributed by atoms with Gasteiger partial charge in [0.2, 0.25) is 10.0 Å². The maximum absolute atomic E-state index is 12.3. The molecule has 1 aromatic carbocycles. The van der Waals surface area contributed by atoms with E-state index in [9.17, 15) is 18.0 Å². The topological polar surface area (TPSA) is 92.8 Å². The second-order valence-corrected chi connectivity index (χ2v) is 8.52. The van der Waals surface area contributed by atoms with E-state index in [0.29, 0.717) is 18.5 Å². The van der Waals surface area contributed by atoms with E-state index in [1.807, 2.05) is 12.2 Å². The Morgan fingerprint density at radius 2 is 2.00 bits per heavy atom. The number of nitrogens with one attached hydrogen (secondary N) is 1. The predicted octanol–water partition coefficient (Wildman–Crippen LogP) is 2.16. The van der Waals surface area contributed by atoms with E-state index in [4.69, 9.17) is 4.74 Å². The Kier molecular flexibility index (Phi) is 6.55. The molecule has 0 spiro atoms. The molecule has 7 nitrogen and oxygen atoms in total. The first-order chi connectivity index (χ1) is 12.2. The molecule has 0 heterocycles. The highest BCUT2D eigenvalue weighted by atomic mass is 32.2.